The summed E-state index contributed by atoms with van der Waals surface area (Å²) in [7, 11) is 0. The number of benzene rings is 1. The van der Waals surface area contributed by atoms with Crippen molar-refractivity contribution in [1.29, 1.82) is 0 Å². The van der Waals surface area contributed by atoms with Crippen molar-refractivity contribution in [1.82, 2.24) is 0 Å². The molecular weight excluding hydrogens is 299 g/mol. The van der Waals surface area contributed by atoms with Crippen LogP contribution >= 0.6 is 0 Å². The Labute approximate surface area is 126 Å². The van der Waals surface area contributed by atoms with Crippen molar-refractivity contribution in [2.45, 2.75) is 38.9 Å². The molecule has 0 spiro atoms. The number of anilines is 2. The second kappa shape index (κ2) is 7.26. The van der Waals surface area contributed by atoms with Crippen molar-refractivity contribution in [3.63, 3.8) is 0 Å². The lowest BCUT2D eigenvalue weighted by Gasteiger charge is -2.16. The van der Waals surface area contributed by atoms with Crippen LogP contribution < -0.4 is 16.4 Å². The highest BCUT2D eigenvalue weighted by Crippen LogP contribution is 2.34. The Bertz CT molecular complexity index is 559. The second-order valence-corrected chi connectivity index (χ2v) is 4.82. The molecule has 0 saturated heterocycles. The molecule has 0 bridgehead atoms. The highest BCUT2D eigenvalue weighted by Gasteiger charge is 2.31. The number of rotatable bonds is 5. The third-order valence-electron chi connectivity index (χ3n) is 2.85. The fourth-order valence-corrected chi connectivity index (χ4v) is 1.79. The number of alkyl halides is 3. The molecule has 22 heavy (non-hydrogen) atoms. The third-order valence-corrected chi connectivity index (χ3v) is 2.85. The molecule has 1 unspecified atom stereocenters. The molecule has 1 aromatic rings. The number of hydrogen-bond acceptors (Lipinski definition) is 3. The van der Waals surface area contributed by atoms with E-state index in [2.05, 4.69) is 10.6 Å². The summed E-state index contributed by atoms with van der Waals surface area (Å²) in [6.07, 6.45) is -3.49. The molecule has 8 heteroatoms. The molecule has 0 radical (unpaired) electrons. The van der Waals surface area contributed by atoms with Crippen molar-refractivity contribution in [3.05, 3.63) is 23.8 Å². The average Bonchev–Trinajstić information content (AvgIpc) is 2.39. The van der Waals surface area contributed by atoms with E-state index in [-0.39, 0.29) is 11.4 Å². The zero-order valence-corrected chi connectivity index (χ0v) is 12.3. The van der Waals surface area contributed by atoms with Gasteiger partial charge in [-0.3, -0.25) is 9.59 Å². The van der Waals surface area contributed by atoms with Crippen molar-refractivity contribution in [2.75, 3.05) is 10.6 Å². The van der Waals surface area contributed by atoms with Gasteiger partial charge in [0, 0.05) is 6.92 Å². The fourth-order valence-electron chi connectivity index (χ4n) is 1.79. The summed E-state index contributed by atoms with van der Waals surface area (Å²) >= 11 is 0. The van der Waals surface area contributed by atoms with Gasteiger partial charge in [-0.05, 0) is 24.6 Å². The molecule has 0 aliphatic heterocycles. The zero-order valence-electron chi connectivity index (χ0n) is 12.3. The van der Waals surface area contributed by atoms with Crippen LogP contribution in [0.4, 0.5) is 24.5 Å². The van der Waals surface area contributed by atoms with E-state index in [9.17, 15) is 22.8 Å². The summed E-state index contributed by atoms with van der Waals surface area (Å²) in [6, 6.07) is 1.85. The Morgan fingerprint density at radius 3 is 2.36 bits per heavy atom. The summed E-state index contributed by atoms with van der Waals surface area (Å²) in [5.74, 6) is -1.07. The maximum atomic E-state index is 12.8. The maximum Gasteiger partial charge on any atom is 0.416 e. The second-order valence-electron chi connectivity index (χ2n) is 4.82. The molecule has 0 aromatic heterocycles. The van der Waals surface area contributed by atoms with Gasteiger partial charge in [-0.15, -0.1) is 0 Å². The number of carbonyl (C=O) groups is 2. The maximum absolute atomic E-state index is 12.8. The van der Waals surface area contributed by atoms with E-state index in [0.717, 1.165) is 18.2 Å². The Morgan fingerprint density at radius 1 is 1.23 bits per heavy atom. The molecule has 1 aromatic carbocycles. The lowest BCUT2D eigenvalue weighted by atomic mass is 10.1. The number of hydrogen-bond donors (Lipinski definition) is 3. The minimum absolute atomic E-state index is 0.0811. The first kappa shape index (κ1) is 18.0. The molecule has 0 aliphatic rings. The standard InChI is InChI=1S/C14H18F3N3O2/c1-3-4-10(18)13(22)20-12-7-9(14(15,16)17)5-6-11(12)19-8(2)21/h5-7,10H,3-4,18H2,1-2H3,(H,19,21)(H,20,22). The molecule has 2 amide bonds. The van der Waals surface area contributed by atoms with Gasteiger partial charge in [-0.25, -0.2) is 0 Å². The molecule has 0 saturated carbocycles. The van der Waals surface area contributed by atoms with Crippen LogP contribution in [0.2, 0.25) is 0 Å². The van der Waals surface area contributed by atoms with Crippen molar-refractivity contribution in [2.24, 2.45) is 5.73 Å². The summed E-state index contributed by atoms with van der Waals surface area (Å²) in [6.45, 7) is 3.05. The zero-order chi connectivity index (χ0) is 16.9. The van der Waals surface area contributed by atoms with Crippen LogP contribution in [0, 0.1) is 0 Å². The van der Waals surface area contributed by atoms with Crippen molar-refractivity contribution < 1.29 is 22.8 Å². The number of nitrogens with one attached hydrogen (secondary N) is 2. The van der Waals surface area contributed by atoms with Gasteiger partial charge in [0.1, 0.15) is 0 Å². The fraction of sp³-hybridized carbons (Fsp3) is 0.429. The minimum atomic E-state index is -4.56. The number of nitrogens with two attached hydrogens (primary N) is 1. The first-order valence-corrected chi connectivity index (χ1v) is 6.70. The molecule has 0 aliphatic carbocycles. The van der Waals surface area contributed by atoms with Crippen LogP contribution in [0.1, 0.15) is 32.3 Å². The largest absolute Gasteiger partial charge is 0.416 e. The van der Waals surface area contributed by atoms with Crippen LogP contribution in [-0.2, 0) is 15.8 Å². The van der Waals surface area contributed by atoms with Gasteiger partial charge in [0.2, 0.25) is 11.8 Å². The average molecular weight is 317 g/mol. The van der Waals surface area contributed by atoms with E-state index >= 15 is 0 Å². The van der Waals surface area contributed by atoms with E-state index in [1.54, 1.807) is 0 Å². The molecular formula is C14H18F3N3O2. The summed E-state index contributed by atoms with van der Waals surface area (Å²) < 4.78 is 38.3. The van der Waals surface area contributed by atoms with Crippen molar-refractivity contribution >= 4 is 23.2 Å². The van der Waals surface area contributed by atoms with Crippen LogP contribution in [0.3, 0.4) is 0 Å². The normalized spacial score (nSPS) is 12.6. The van der Waals surface area contributed by atoms with E-state index in [1.807, 2.05) is 6.92 Å². The number of carbonyl (C=O) groups excluding carboxylic acids is 2. The van der Waals surface area contributed by atoms with E-state index in [0.29, 0.717) is 12.8 Å². The molecule has 1 rings (SSSR count). The summed E-state index contributed by atoms with van der Waals surface area (Å²) in [4.78, 5) is 23.0. The first-order valence-electron chi connectivity index (χ1n) is 6.70. The van der Waals surface area contributed by atoms with Crippen LogP contribution in [0.5, 0.6) is 0 Å². The quantitative estimate of drug-likeness (QED) is 0.780. The van der Waals surface area contributed by atoms with E-state index in [4.69, 9.17) is 5.73 Å². The Morgan fingerprint density at radius 2 is 1.86 bits per heavy atom. The molecule has 1 atom stereocenters. The summed E-state index contributed by atoms with van der Waals surface area (Å²) in [5, 5.41) is 4.70. The minimum Gasteiger partial charge on any atom is -0.325 e. The van der Waals surface area contributed by atoms with Crippen LogP contribution in [0.25, 0.3) is 0 Å². The highest BCUT2D eigenvalue weighted by molar-refractivity contribution is 6.00. The van der Waals surface area contributed by atoms with E-state index in [1.165, 1.54) is 6.92 Å². The van der Waals surface area contributed by atoms with Crippen molar-refractivity contribution in [3.8, 4) is 0 Å². The Hall–Kier alpha value is -2.09. The topological polar surface area (TPSA) is 84.2 Å². The molecule has 0 heterocycles. The monoisotopic (exact) mass is 317 g/mol. The molecule has 122 valence electrons. The van der Waals surface area contributed by atoms with Gasteiger partial charge < -0.3 is 16.4 Å². The van der Waals surface area contributed by atoms with Gasteiger partial charge >= 0.3 is 6.18 Å². The highest BCUT2D eigenvalue weighted by atomic mass is 19.4. The molecule has 5 nitrogen and oxygen atoms in total. The first-order chi connectivity index (χ1) is 10.1. The van der Waals surface area contributed by atoms with Gasteiger partial charge in [-0.1, -0.05) is 13.3 Å². The lowest BCUT2D eigenvalue weighted by Crippen LogP contribution is -2.35. The lowest BCUT2D eigenvalue weighted by molar-refractivity contribution is -0.137. The predicted molar refractivity (Wildman–Crippen MR) is 77.3 cm³/mol. The van der Waals surface area contributed by atoms with E-state index < -0.39 is 29.6 Å². The summed E-state index contributed by atoms with van der Waals surface area (Å²) in [5.41, 5.74) is 4.64. The van der Waals surface area contributed by atoms with Crippen LogP contribution in [0.15, 0.2) is 18.2 Å². The number of amides is 2. The van der Waals surface area contributed by atoms with Crippen LogP contribution in [-0.4, -0.2) is 17.9 Å². The van der Waals surface area contributed by atoms with Gasteiger partial charge in [0.25, 0.3) is 0 Å². The third kappa shape index (κ3) is 5.03. The SMILES string of the molecule is CCCC(N)C(=O)Nc1cc(C(F)(F)F)ccc1NC(C)=O. The Kier molecular flexibility index (Phi) is 5.92. The van der Waals surface area contributed by atoms with Gasteiger partial charge in [0.05, 0.1) is 23.0 Å². The molecule has 0 fully saturated rings. The molecule has 4 N–H and O–H groups in total. The van der Waals surface area contributed by atoms with Gasteiger partial charge in [-0.2, -0.15) is 13.2 Å². The number of halogens is 3. The van der Waals surface area contributed by atoms with Gasteiger partial charge in [0.15, 0.2) is 0 Å². The smallest absolute Gasteiger partial charge is 0.325 e. The Balaban J connectivity index is 3.11. The predicted octanol–water partition coefficient (Wildman–Crippen LogP) is 2.73.